The normalized spacial score (nSPS) is 12.8. The number of nitrogens with zero attached hydrogens (tertiary/aromatic N) is 1. The zero-order valence-electron chi connectivity index (χ0n) is 26.1. The van der Waals surface area contributed by atoms with Crippen LogP contribution in [0.1, 0.15) is 106 Å². The molecule has 0 aliphatic rings. The number of alkyl halides is 2. The number of rotatable bonds is 23. The van der Waals surface area contributed by atoms with Crippen LogP contribution in [0.15, 0.2) is 94.7 Å². The lowest BCUT2D eigenvalue weighted by Gasteiger charge is -2.17. The molecule has 0 saturated carbocycles. The second-order valence-electron chi connectivity index (χ2n) is 11.8. The molecule has 0 fully saturated rings. The number of carbonyl (C=O) groups excluding carboxylic acids is 1. The Labute approximate surface area is 275 Å². The number of carbonyl (C=O) groups is 1. The molecule has 0 aliphatic heterocycles. The predicted molar refractivity (Wildman–Crippen MR) is 188 cm³/mol. The molecule has 2 nitrogen and oxygen atoms in total. The Balaban J connectivity index is 1.11. The van der Waals surface area contributed by atoms with Gasteiger partial charge in [0.2, 0.25) is 0 Å². The van der Waals surface area contributed by atoms with E-state index in [1.54, 1.807) is 11.8 Å². The molecule has 0 aliphatic carbocycles. The largest absolute Gasteiger partial charge is 0.302 e. The first-order valence-corrected chi connectivity index (χ1v) is 18.1. The van der Waals surface area contributed by atoms with Crippen molar-refractivity contribution < 1.29 is 4.79 Å². The molecule has 3 rings (SSSR count). The van der Waals surface area contributed by atoms with E-state index in [2.05, 4.69) is 54.4 Å². The quantitative estimate of drug-likeness (QED) is 0.0584. The van der Waals surface area contributed by atoms with Gasteiger partial charge in [-0.2, -0.15) is 0 Å². The van der Waals surface area contributed by atoms with E-state index in [4.69, 9.17) is 23.2 Å². The summed E-state index contributed by atoms with van der Waals surface area (Å²) in [5, 5.41) is 0.134. The fourth-order valence-electron chi connectivity index (χ4n) is 5.40. The predicted octanol–water partition coefficient (Wildman–Crippen LogP) is 11.8. The maximum Gasteiger partial charge on any atom is 0.162 e. The summed E-state index contributed by atoms with van der Waals surface area (Å²) in [7, 11) is 2.22. The summed E-state index contributed by atoms with van der Waals surface area (Å²) in [6.45, 7) is 2.19. The first kappa shape index (κ1) is 35.7. The van der Waals surface area contributed by atoms with Gasteiger partial charge in [-0.1, -0.05) is 130 Å². The Morgan fingerprint density at radius 3 is 1.72 bits per heavy atom. The first-order chi connectivity index (χ1) is 21.0. The topological polar surface area (TPSA) is 20.3 Å². The highest BCUT2D eigenvalue weighted by atomic mass is 35.5. The van der Waals surface area contributed by atoms with Crippen molar-refractivity contribution in [2.75, 3.05) is 13.6 Å². The van der Waals surface area contributed by atoms with E-state index in [1.165, 1.54) is 49.0 Å². The van der Waals surface area contributed by atoms with E-state index in [0.717, 1.165) is 68.5 Å². The van der Waals surface area contributed by atoms with Crippen LogP contribution < -0.4 is 0 Å². The highest BCUT2D eigenvalue weighted by Gasteiger charge is 2.16. The molecule has 5 heteroatoms. The van der Waals surface area contributed by atoms with Gasteiger partial charge in [0, 0.05) is 39.1 Å². The summed E-state index contributed by atoms with van der Waals surface area (Å²) in [5.41, 5.74) is 2.21. The van der Waals surface area contributed by atoms with Crippen molar-refractivity contribution >= 4 is 40.7 Å². The van der Waals surface area contributed by atoms with Gasteiger partial charge in [-0.3, -0.25) is 4.79 Å². The lowest BCUT2D eigenvalue weighted by molar-refractivity contribution is 0.0979. The number of hydrogen-bond donors (Lipinski definition) is 0. The van der Waals surface area contributed by atoms with Gasteiger partial charge < -0.3 is 4.90 Å². The van der Waals surface area contributed by atoms with Gasteiger partial charge in [0.15, 0.2) is 5.78 Å². The Bertz CT molecular complexity index is 1130. The number of hydrogen-bond acceptors (Lipinski definition) is 3. The SMILES string of the molecule is CN(CCCCCCCCC(Cl)C(Cl)CCCCCCCC(=O)c1ccc(Sc2ccccc2)cc1)Cc1ccccc1. The van der Waals surface area contributed by atoms with Crippen molar-refractivity contribution in [3.8, 4) is 0 Å². The highest BCUT2D eigenvalue weighted by molar-refractivity contribution is 7.99. The fourth-order valence-corrected chi connectivity index (χ4v) is 6.80. The number of unbranched alkanes of at least 4 members (excludes halogenated alkanes) is 9. The van der Waals surface area contributed by atoms with Crippen LogP contribution in [0.5, 0.6) is 0 Å². The van der Waals surface area contributed by atoms with Crippen LogP contribution >= 0.6 is 35.0 Å². The van der Waals surface area contributed by atoms with Crippen molar-refractivity contribution in [2.24, 2.45) is 0 Å². The molecule has 2 unspecified atom stereocenters. The van der Waals surface area contributed by atoms with Crippen LogP contribution in [-0.4, -0.2) is 35.0 Å². The molecule has 0 radical (unpaired) electrons. The fraction of sp³-hybridized carbons (Fsp3) is 0.500. The van der Waals surface area contributed by atoms with Crippen molar-refractivity contribution in [2.45, 2.75) is 117 Å². The number of benzene rings is 3. The third kappa shape index (κ3) is 15.7. The van der Waals surface area contributed by atoms with E-state index < -0.39 is 0 Å². The number of halogens is 2. The lowest BCUT2D eigenvalue weighted by Crippen LogP contribution is -2.18. The van der Waals surface area contributed by atoms with Gasteiger partial charge in [0.1, 0.15) is 0 Å². The Morgan fingerprint density at radius 2 is 1.12 bits per heavy atom. The smallest absolute Gasteiger partial charge is 0.162 e. The standard InChI is InChI=1S/C38H51Cl2NOS/c1-41(31-32-19-11-9-12-20-32)30-18-8-3-2-5-15-23-36(39)37(40)24-16-6-4-7-17-25-38(42)33-26-28-35(29-27-33)43-34-21-13-10-14-22-34/h9-14,19-22,26-29,36-37H,2-8,15-18,23-25,30-31H2,1H3. The van der Waals surface area contributed by atoms with Crippen LogP contribution in [0.25, 0.3) is 0 Å². The third-order valence-electron chi connectivity index (χ3n) is 8.00. The molecular formula is C38H51Cl2NOS. The van der Waals surface area contributed by atoms with Gasteiger partial charge in [-0.25, -0.2) is 0 Å². The number of Topliss-reactive ketones (excluding diaryl/α,β-unsaturated/α-hetero) is 1. The van der Waals surface area contributed by atoms with Crippen molar-refractivity contribution in [3.63, 3.8) is 0 Å². The molecule has 0 saturated heterocycles. The van der Waals surface area contributed by atoms with E-state index in [0.29, 0.717) is 6.42 Å². The average Bonchev–Trinajstić information content (AvgIpc) is 3.02. The monoisotopic (exact) mass is 639 g/mol. The minimum Gasteiger partial charge on any atom is -0.302 e. The summed E-state index contributed by atoms with van der Waals surface area (Å²) in [6.07, 6.45) is 15.7. The van der Waals surface area contributed by atoms with E-state index in [1.807, 2.05) is 42.5 Å². The molecular weight excluding hydrogens is 589 g/mol. The molecule has 0 heterocycles. The number of ketones is 1. The van der Waals surface area contributed by atoms with E-state index in [9.17, 15) is 4.79 Å². The van der Waals surface area contributed by atoms with Gasteiger partial charge in [-0.05, 0) is 69.1 Å². The van der Waals surface area contributed by atoms with Crippen LogP contribution in [-0.2, 0) is 6.54 Å². The molecule has 234 valence electrons. The first-order valence-electron chi connectivity index (χ1n) is 16.4. The van der Waals surface area contributed by atoms with Gasteiger partial charge in [-0.15, -0.1) is 23.2 Å². The minimum absolute atomic E-state index is 0.0615. The van der Waals surface area contributed by atoms with Gasteiger partial charge in [0.05, 0.1) is 0 Å². The lowest BCUT2D eigenvalue weighted by atomic mass is 10.0. The van der Waals surface area contributed by atoms with Crippen LogP contribution in [0.4, 0.5) is 0 Å². The Hall–Kier alpha value is -1.78. The van der Waals surface area contributed by atoms with Crippen molar-refractivity contribution in [3.05, 3.63) is 96.1 Å². The molecule has 0 spiro atoms. The molecule has 3 aromatic rings. The van der Waals surface area contributed by atoms with Crippen LogP contribution in [0.3, 0.4) is 0 Å². The zero-order chi connectivity index (χ0) is 30.5. The summed E-state index contributed by atoms with van der Waals surface area (Å²) in [4.78, 5) is 17.4. The molecule has 3 aromatic carbocycles. The van der Waals surface area contributed by atoms with E-state index >= 15 is 0 Å². The molecule has 0 N–H and O–H groups in total. The molecule has 0 amide bonds. The van der Waals surface area contributed by atoms with Gasteiger partial charge in [0.25, 0.3) is 0 Å². The maximum atomic E-state index is 12.6. The average molecular weight is 641 g/mol. The zero-order valence-corrected chi connectivity index (χ0v) is 28.4. The third-order valence-corrected chi connectivity index (χ3v) is 10.2. The molecule has 2 atom stereocenters. The van der Waals surface area contributed by atoms with Crippen LogP contribution in [0, 0.1) is 0 Å². The molecule has 0 bridgehead atoms. The summed E-state index contributed by atoms with van der Waals surface area (Å²) in [5.74, 6) is 0.244. The second-order valence-corrected chi connectivity index (χ2v) is 14.1. The Morgan fingerprint density at radius 1 is 0.628 bits per heavy atom. The summed E-state index contributed by atoms with van der Waals surface area (Å²) in [6, 6.07) is 29.0. The highest BCUT2D eigenvalue weighted by Crippen LogP contribution is 2.28. The van der Waals surface area contributed by atoms with Crippen LogP contribution in [0.2, 0.25) is 0 Å². The second kappa shape index (κ2) is 21.8. The summed E-state index contributed by atoms with van der Waals surface area (Å²) >= 11 is 15.0. The molecule has 43 heavy (non-hydrogen) atoms. The van der Waals surface area contributed by atoms with Crippen molar-refractivity contribution in [1.29, 1.82) is 0 Å². The maximum absolute atomic E-state index is 12.6. The summed E-state index contributed by atoms with van der Waals surface area (Å²) < 4.78 is 0. The van der Waals surface area contributed by atoms with Crippen molar-refractivity contribution in [1.82, 2.24) is 4.90 Å². The van der Waals surface area contributed by atoms with E-state index in [-0.39, 0.29) is 16.5 Å². The molecule has 0 aromatic heterocycles. The van der Waals surface area contributed by atoms with Gasteiger partial charge >= 0.3 is 0 Å². The Kier molecular flexibility index (Phi) is 18.1. The minimum atomic E-state index is 0.0615.